The van der Waals surface area contributed by atoms with Crippen LogP contribution in [0.4, 0.5) is 5.13 Å². The molecule has 0 saturated carbocycles. The van der Waals surface area contributed by atoms with E-state index in [0.717, 1.165) is 0 Å². The summed E-state index contributed by atoms with van der Waals surface area (Å²) in [6.45, 7) is 0. The highest BCUT2D eigenvalue weighted by Crippen LogP contribution is 2.34. The molecule has 0 bridgehead atoms. The Labute approximate surface area is 164 Å². The third kappa shape index (κ3) is 3.77. The number of carbonyl (C=O) groups is 1. The van der Waals surface area contributed by atoms with Crippen molar-refractivity contribution in [1.29, 1.82) is 0 Å². The molecule has 1 amide bonds. The maximum Gasteiger partial charge on any atom is 0.261 e. The first kappa shape index (κ1) is 18.5. The molecular formula is C18H14Cl2N2O3S. The van der Waals surface area contributed by atoms with Crippen molar-refractivity contribution in [2.75, 3.05) is 19.5 Å². The number of anilines is 1. The van der Waals surface area contributed by atoms with Crippen LogP contribution in [0, 0.1) is 0 Å². The second-order valence-corrected chi connectivity index (χ2v) is 6.86. The number of nitrogens with zero attached hydrogens (tertiary/aromatic N) is 1. The first-order chi connectivity index (χ1) is 12.5. The minimum atomic E-state index is -0.348. The molecule has 0 aliphatic rings. The molecule has 1 heterocycles. The number of nitrogens with one attached hydrogen (secondary N) is 1. The van der Waals surface area contributed by atoms with Crippen LogP contribution in [0.15, 0.2) is 41.8 Å². The highest BCUT2D eigenvalue weighted by atomic mass is 35.5. The number of amides is 1. The number of benzene rings is 2. The van der Waals surface area contributed by atoms with Gasteiger partial charge in [-0.05, 0) is 30.3 Å². The van der Waals surface area contributed by atoms with Crippen molar-refractivity contribution in [3.05, 3.63) is 57.4 Å². The fraction of sp³-hybridized carbons (Fsp3) is 0.111. The number of rotatable bonds is 5. The molecule has 8 heteroatoms. The van der Waals surface area contributed by atoms with Crippen LogP contribution < -0.4 is 14.8 Å². The Morgan fingerprint density at radius 1 is 1.15 bits per heavy atom. The van der Waals surface area contributed by atoms with Crippen molar-refractivity contribution in [3.8, 4) is 22.8 Å². The summed E-state index contributed by atoms with van der Waals surface area (Å²) in [4.78, 5) is 17.0. The largest absolute Gasteiger partial charge is 0.493 e. The fourth-order valence-electron chi connectivity index (χ4n) is 2.38. The second kappa shape index (κ2) is 7.95. The number of aromatic nitrogens is 1. The van der Waals surface area contributed by atoms with Crippen LogP contribution in [0.3, 0.4) is 0 Å². The molecule has 2 aromatic carbocycles. The maximum atomic E-state index is 12.6. The summed E-state index contributed by atoms with van der Waals surface area (Å²) in [5.74, 6) is 0.492. The Morgan fingerprint density at radius 3 is 2.69 bits per heavy atom. The standard InChI is InChI=1S/C18H14Cl2N2O3S/c1-24-15-5-3-4-11(16(15)25-2)17(23)22-18-21-14(9-26-18)12-8-10(19)6-7-13(12)20/h3-9H,1-2H3,(H,21,22,23). The number of halogens is 2. The quantitative estimate of drug-likeness (QED) is 0.614. The lowest BCUT2D eigenvalue weighted by atomic mass is 10.1. The second-order valence-electron chi connectivity index (χ2n) is 5.16. The Morgan fingerprint density at radius 2 is 1.96 bits per heavy atom. The van der Waals surface area contributed by atoms with Gasteiger partial charge in [0.15, 0.2) is 16.6 Å². The van der Waals surface area contributed by atoms with Gasteiger partial charge in [0.1, 0.15) is 0 Å². The molecule has 0 atom stereocenters. The lowest BCUT2D eigenvalue weighted by Gasteiger charge is -2.11. The van der Waals surface area contributed by atoms with E-state index < -0.39 is 0 Å². The van der Waals surface area contributed by atoms with Crippen LogP contribution in [0.5, 0.6) is 11.5 Å². The summed E-state index contributed by atoms with van der Waals surface area (Å²) in [5, 5.41) is 6.10. The van der Waals surface area contributed by atoms with Gasteiger partial charge in [0.2, 0.25) is 0 Å². The number of carbonyl (C=O) groups excluding carboxylic acids is 1. The van der Waals surface area contributed by atoms with Crippen molar-refractivity contribution in [2.24, 2.45) is 0 Å². The van der Waals surface area contributed by atoms with Crippen molar-refractivity contribution < 1.29 is 14.3 Å². The third-order valence-corrected chi connectivity index (χ3v) is 4.90. The predicted molar refractivity (Wildman–Crippen MR) is 105 cm³/mol. The summed E-state index contributed by atoms with van der Waals surface area (Å²) in [6, 6.07) is 10.2. The van der Waals surface area contributed by atoms with E-state index in [9.17, 15) is 4.79 Å². The number of methoxy groups -OCH3 is 2. The van der Waals surface area contributed by atoms with Gasteiger partial charge in [-0.2, -0.15) is 0 Å². The minimum absolute atomic E-state index is 0.348. The average molecular weight is 409 g/mol. The van der Waals surface area contributed by atoms with Gasteiger partial charge in [-0.1, -0.05) is 29.3 Å². The first-order valence-electron chi connectivity index (χ1n) is 7.46. The van der Waals surface area contributed by atoms with E-state index in [1.807, 2.05) is 0 Å². The Bertz CT molecular complexity index is 959. The van der Waals surface area contributed by atoms with E-state index >= 15 is 0 Å². The summed E-state index contributed by atoms with van der Waals surface area (Å²) in [5.41, 5.74) is 1.69. The van der Waals surface area contributed by atoms with E-state index in [-0.39, 0.29) is 5.91 Å². The normalized spacial score (nSPS) is 10.5. The zero-order valence-electron chi connectivity index (χ0n) is 13.9. The fourth-order valence-corrected chi connectivity index (χ4v) is 3.47. The number of hydrogen-bond donors (Lipinski definition) is 1. The predicted octanol–water partition coefficient (Wildman–Crippen LogP) is 5.39. The molecule has 26 heavy (non-hydrogen) atoms. The monoisotopic (exact) mass is 408 g/mol. The molecular weight excluding hydrogens is 395 g/mol. The van der Waals surface area contributed by atoms with Gasteiger partial charge in [-0.25, -0.2) is 4.98 Å². The van der Waals surface area contributed by atoms with Gasteiger partial charge in [0.25, 0.3) is 5.91 Å². The van der Waals surface area contributed by atoms with Gasteiger partial charge in [0, 0.05) is 16.0 Å². The van der Waals surface area contributed by atoms with Gasteiger partial charge in [-0.15, -0.1) is 11.3 Å². The highest BCUT2D eigenvalue weighted by Gasteiger charge is 2.18. The molecule has 0 fully saturated rings. The Hall–Kier alpha value is -2.28. The zero-order chi connectivity index (χ0) is 18.7. The summed E-state index contributed by atoms with van der Waals surface area (Å²) in [7, 11) is 3.00. The van der Waals surface area contributed by atoms with E-state index in [2.05, 4.69) is 10.3 Å². The molecule has 0 radical (unpaired) electrons. The van der Waals surface area contributed by atoms with E-state index in [0.29, 0.717) is 43.5 Å². The molecule has 1 N–H and O–H groups in total. The molecule has 0 saturated heterocycles. The molecule has 0 aliphatic carbocycles. The number of para-hydroxylation sites is 1. The van der Waals surface area contributed by atoms with Crippen molar-refractivity contribution in [1.82, 2.24) is 4.98 Å². The lowest BCUT2D eigenvalue weighted by Crippen LogP contribution is -2.13. The van der Waals surface area contributed by atoms with Crippen LogP contribution in [0.25, 0.3) is 11.3 Å². The molecule has 134 valence electrons. The first-order valence-corrected chi connectivity index (χ1v) is 9.10. The van der Waals surface area contributed by atoms with Crippen LogP contribution in [-0.4, -0.2) is 25.1 Å². The molecule has 0 unspecified atom stereocenters. The SMILES string of the molecule is COc1cccc(C(=O)Nc2nc(-c3cc(Cl)ccc3Cl)cs2)c1OC. The Balaban J connectivity index is 1.86. The molecule has 0 aliphatic heterocycles. The van der Waals surface area contributed by atoms with Crippen molar-refractivity contribution in [2.45, 2.75) is 0 Å². The molecule has 5 nitrogen and oxygen atoms in total. The van der Waals surface area contributed by atoms with Crippen LogP contribution >= 0.6 is 34.5 Å². The minimum Gasteiger partial charge on any atom is -0.493 e. The molecule has 1 aromatic heterocycles. The topological polar surface area (TPSA) is 60.5 Å². The van der Waals surface area contributed by atoms with Crippen molar-refractivity contribution in [3.63, 3.8) is 0 Å². The maximum absolute atomic E-state index is 12.6. The summed E-state index contributed by atoms with van der Waals surface area (Å²) in [6.07, 6.45) is 0. The Kier molecular flexibility index (Phi) is 5.66. The lowest BCUT2D eigenvalue weighted by molar-refractivity contribution is 0.102. The van der Waals surface area contributed by atoms with E-state index in [1.54, 1.807) is 41.8 Å². The van der Waals surface area contributed by atoms with Gasteiger partial charge in [0.05, 0.1) is 30.5 Å². The molecule has 3 aromatic rings. The van der Waals surface area contributed by atoms with Crippen LogP contribution in [0.1, 0.15) is 10.4 Å². The number of hydrogen-bond acceptors (Lipinski definition) is 5. The molecule has 0 spiro atoms. The number of thiazole rings is 1. The summed E-state index contributed by atoms with van der Waals surface area (Å²) < 4.78 is 10.5. The van der Waals surface area contributed by atoms with Gasteiger partial charge < -0.3 is 9.47 Å². The van der Waals surface area contributed by atoms with Crippen molar-refractivity contribution >= 4 is 45.6 Å². The third-order valence-electron chi connectivity index (χ3n) is 3.58. The van der Waals surface area contributed by atoms with Gasteiger partial charge >= 0.3 is 0 Å². The smallest absolute Gasteiger partial charge is 0.261 e. The average Bonchev–Trinajstić information content (AvgIpc) is 3.11. The molecule has 3 rings (SSSR count). The van der Waals surface area contributed by atoms with E-state index in [4.69, 9.17) is 32.7 Å². The van der Waals surface area contributed by atoms with E-state index in [1.165, 1.54) is 25.6 Å². The van der Waals surface area contributed by atoms with Crippen LogP contribution in [0.2, 0.25) is 10.0 Å². The van der Waals surface area contributed by atoms with Crippen LogP contribution in [-0.2, 0) is 0 Å². The van der Waals surface area contributed by atoms with Gasteiger partial charge in [-0.3, -0.25) is 10.1 Å². The number of ether oxygens (including phenoxy) is 2. The summed E-state index contributed by atoms with van der Waals surface area (Å²) >= 11 is 13.5. The highest BCUT2D eigenvalue weighted by molar-refractivity contribution is 7.14. The zero-order valence-corrected chi connectivity index (χ0v) is 16.2.